The van der Waals surface area contributed by atoms with Gasteiger partial charge in [0.25, 0.3) is 0 Å². The van der Waals surface area contributed by atoms with Crippen LogP contribution in [0.3, 0.4) is 0 Å². The summed E-state index contributed by atoms with van der Waals surface area (Å²) >= 11 is 0. The molecular weight excluding hydrogens is 150 g/mol. The summed E-state index contributed by atoms with van der Waals surface area (Å²) in [6.45, 7) is 3.51. The molecule has 2 heteroatoms. The quantitative estimate of drug-likeness (QED) is 0.592. The van der Waals surface area contributed by atoms with Crippen molar-refractivity contribution >= 4 is 0 Å². The minimum absolute atomic E-state index is 0.0284. The molecule has 2 fully saturated rings. The number of nitrogens with zero attached hydrogens (tertiary/aromatic N) is 1. The monoisotopic (exact) mass is 169 g/mol. The standard InChI is InChI=1S/C10H19NO/c1-8-6-10(12)7-9-4-2-3-5-11(8)9/h8-10,12H,2-7H2,1H3/t8-,9+,10+/m0/s1. The third-order valence-electron chi connectivity index (χ3n) is 3.40. The van der Waals surface area contributed by atoms with Gasteiger partial charge >= 0.3 is 0 Å². The van der Waals surface area contributed by atoms with E-state index >= 15 is 0 Å². The average Bonchev–Trinajstić information content (AvgIpc) is 2.04. The second kappa shape index (κ2) is 3.35. The summed E-state index contributed by atoms with van der Waals surface area (Å²) in [4.78, 5) is 2.59. The van der Waals surface area contributed by atoms with Gasteiger partial charge in [-0.05, 0) is 39.2 Å². The van der Waals surface area contributed by atoms with Crippen molar-refractivity contribution in [2.75, 3.05) is 6.54 Å². The van der Waals surface area contributed by atoms with Crippen LogP contribution < -0.4 is 0 Å². The number of rotatable bonds is 0. The van der Waals surface area contributed by atoms with E-state index in [9.17, 15) is 5.11 Å². The lowest BCUT2D eigenvalue weighted by Crippen LogP contribution is -2.51. The highest BCUT2D eigenvalue weighted by molar-refractivity contribution is 4.88. The van der Waals surface area contributed by atoms with E-state index in [1.54, 1.807) is 0 Å². The third kappa shape index (κ3) is 1.50. The molecule has 0 aromatic rings. The van der Waals surface area contributed by atoms with Gasteiger partial charge < -0.3 is 5.11 Å². The zero-order valence-electron chi connectivity index (χ0n) is 7.87. The van der Waals surface area contributed by atoms with E-state index in [0.717, 1.165) is 12.8 Å². The Balaban J connectivity index is 2.01. The summed E-state index contributed by atoms with van der Waals surface area (Å²) in [5.74, 6) is 0. The topological polar surface area (TPSA) is 23.5 Å². The molecule has 0 unspecified atom stereocenters. The Morgan fingerprint density at radius 3 is 2.92 bits per heavy atom. The van der Waals surface area contributed by atoms with Crippen molar-refractivity contribution in [3.8, 4) is 0 Å². The molecule has 2 heterocycles. The number of aliphatic hydroxyl groups excluding tert-OH is 1. The van der Waals surface area contributed by atoms with E-state index in [0.29, 0.717) is 12.1 Å². The second-order valence-electron chi connectivity index (χ2n) is 4.36. The Morgan fingerprint density at radius 2 is 2.08 bits per heavy atom. The summed E-state index contributed by atoms with van der Waals surface area (Å²) in [6.07, 6.45) is 6.00. The highest BCUT2D eigenvalue weighted by Gasteiger charge is 2.33. The molecule has 2 rings (SSSR count). The van der Waals surface area contributed by atoms with Crippen molar-refractivity contribution < 1.29 is 5.11 Å². The number of hydrogen-bond donors (Lipinski definition) is 1. The Hall–Kier alpha value is -0.0800. The molecule has 3 atom stereocenters. The van der Waals surface area contributed by atoms with Crippen LogP contribution in [0.1, 0.15) is 39.0 Å². The van der Waals surface area contributed by atoms with Crippen molar-refractivity contribution in [3.63, 3.8) is 0 Å². The summed E-state index contributed by atoms with van der Waals surface area (Å²) in [5, 5.41) is 9.59. The van der Waals surface area contributed by atoms with Crippen LogP contribution in [0.4, 0.5) is 0 Å². The van der Waals surface area contributed by atoms with Crippen molar-refractivity contribution in [1.29, 1.82) is 0 Å². The number of fused-ring (bicyclic) bond motifs is 1. The number of aliphatic hydroxyl groups is 1. The molecule has 2 nitrogen and oxygen atoms in total. The van der Waals surface area contributed by atoms with Crippen molar-refractivity contribution in [2.45, 2.75) is 57.2 Å². The zero-order chi connectivity index (χ0) is 8.55. The molecule has 0 spiro atoms. The molecule has 2 aliphatic rings. The predicted octanol–water partition coefficient (Wildman–Crippen LogP) is 1.38. The van der Waals surface area contributed by atoms with Gasteiger partial charge in [0.1, 0.15) is 0 Å². The first-order valence-electron chi connectivity index (χ1n) is 5.21. The van der Waals surface area contributed by atoms with E-state index in [1.807, 2.05) is 0 Å². The first-order valence-corrected chi connectivity index (χ1v) is 5.21. The van der Waals surface area contributed by atoms with Gasteiger partial charge in [0.2, 0.25) is 0 Å². The maximum Gasteiger partial charge on any atom is 0.0570 e. The molecule has 0 radical (unpaired) electrons. The Bertz CT molecular complexity index is 160. The van der Waals surface area contributed by atoms with Gasteiger partial charge in [-0.1, -0.05) is 6.42 Å². The molecule has 0 bridgehead atoms. The van der Waals surface area contributed by atoms with Crippen molar-refractivity contribution in [3.05, 3.63) is 0 Å². The van der Waals surface area contributed by atoms with Gasteiger partial charge in [0, 0.05) is 12.1 Å². The van der Waals surface area contributed by atoms with E-state index in [1.165, 1.54) is 25.8 Å². The fourth-order valence-corrected chi connectivity index (χ4v) is 2.80. The van der Waals surface area contributed by atoms with Crippen LogP contribution in [0.15, 0.2) is 0 Å². The van der Waals surface area contributed by atoms with Gasteiger partial charge in [-0.2, -0.15) is 0 Å². The van der Waals surface area contributed by atoms with Crippen LogP contribution in [0.25, 0.3) is 0 Å². The average molecular weight is 169 g/mol. The van der Waals surface area contributed by atoms with Crippen molar-refractivity contribution in [2.24, 2.45) is 0 Å². The van der Waals surface area contributed by atoms with E-state index in [4.69, 9.17) is 0 Å². The van der Waals surface area contributed by atoms with Crippen LogP contribution in [-0.2, 0) is 0 Å². The maximum atomic E-state index is 9.59. The van der Waals surface area contributed by atoms with Crippen LogP contribution in [0, 0.1) is 0 Å². The zero-order valence-corrected chi connectivity index (χ0v) is 7.87. The first kappa shape index (κ1) is 8.52. The van der Waals surface area contributed by atoms with E-state index in [-0.39, 0.29) is 6.10 Å². The SMILES string of the molecule is C[C@H]1C[C@@H](O)C[C@H]2CCCCN21. The van der Waals surface area contributed by atoms with Crippen LogP contribution in [0.5, 0.6) is 0 Å². The number of hydrogen-bond acceptors (Lipinski definition) is 2. The summed E-state index contributed by atoms with van der Waals surface area (Å²) in [7, 11) is 0. The Morgan fingerprint density at radius 1 is 1.25 bits per heavy atom. The highest BCUT2D eigenvalue weighted by atomic mass is 16.3. The molecule has 2 aliphatic heterocycles. The lowest BCUT2D eigenvalue weighted by atomic mass is 9.88. The highest BCUT2D eigenvalue weighted by Crippen LogP contribution is 2.29. The third-order valence-corrected chi connectivity index (χ3v) is 3.40. The second-order valence-corrected chi connectivity index (χ2v) is 4.36. The molecule has 0 amide bonds. The maximum absolute atomic E-state index is 9.59. The van der Waals surface area contributed by atoms with Crippen LogP contribution >= 0.6 is 0 Å². The van der Waals surface area contributed by atoms with E-state index < -0.39 is 0 Å². The molecule has 12 heavy (non-hydrogen) atoms. The van der Waals surface area contributed by atoms with Crippen LogP contribution in [0.2, 0.25) is 0 Å². The summed E-state index contributed by atoms with van der Waals surface area (Å²) < 4.78 is 0. The minimum Gasteiger partial charge on any atom is -0.393 e. The lowest BCUT2D eigenvalue weighted by Gasteiger charge is -2.45. The molecule has 2 saturated heterocycles. The van der Waals surface area contributed by atoms with Crippen molar-refractivity contribution in [1.82, 2.24) is 4.90 Å². The molecule has 70 valence electrons. The van der Waals surface area contributed by atoms with Gasteiger partial charge in [-0.3, -0.25) is 4.90 Å². The first-order chi connectivity index (χ1) is 5.77. The van der Waals surface area contributed by atoms with Gasteiger partial charge in [-0.25, -0.2) is 0 Å². The summed E-state index contributed by atoms with van der Waals surface area (Å²) in [5.41, 5.74) is 0. The molecule has 0 aliphatic carbocycles. The van der Waals surface area contributed by atoms with Crippen LogP contribution in [-0.4, -0.2) is 34.7 Å². The number of piperidine rings is 2. The van der Waals surface area contributed by atoms with Gasteiger partial charge in [0.05, 0.1) is 6.10 Å². The lowest BCUT2D eigenvalue weighted by molar-refractivity contribution is -0.0103. The van der Waals surface area contributed by atoms with Gasteiger partial charge in [-0.15, -0.1) is 0 Å². The summed E-state index contributed by atoms with van der Waals surface area (Å²) in [6, 6.07) is 1.30. The molecule has 1 N–H and O–H groups in total. The Kier molecular flexibility index (Phi) is 2.37. The normalized spacial score (nSPS) is 44.0. The van der Waals surface area contributed by atoms with Gasteiger partial charge in [0.15, 0.2) is 0 Å². The molecular formula is C10H19NO. The largest absolute Gasteiger partial charge is 0.393 e. The fraction of sp³-hybridized carbons (Fsp3) is 1.00. The minimum atomic E-state index is -0.0284. The predicted molar refractivity (Wildman–Crippen MR) is 49.0 cm³/mol. The Labute approximate surface area is 74.6 Å². The smallest absolute Gasteiger partial charge is 0.0570 e. The molecule has 0 aromatic heterocycles. The molecule has 0 saturated carbocycles. The van der Waals surface area contributed by atoms with E-state index in [2.05, 4.69) is 11.8 Å². The molecule has 0 aromatic carbocycles. The fourth-order valence-electron chi connectivity index (χ4n) is 2.80.